The molecule has 0 amide bonds. The SMILES string of the molecule is CCOC(C)(C)c1c(C#Cc2c(CC)c(O)c3ccccc3c2O)c(O)c2ccccc2c1O. The molecule has 0 spiro atoms. The van der Waals surface area contributed by atoms with Gasteiger partial charge in [0.15, 0.2) is 0 Å². The number of phenolic OH excluding ortho intramolecular Hbond substituents is 4. The first-order chi connectivity index (χ1) is 16.2. The van der Waals surface area contributed by atoms with E-state index in [2.05, 4.69) is 11.8 Å². The third kappa shape index (κ3) is 3.67. The molecule has 0 aliphatic heterocycles. The average Bonchev–Trinajstić information content (AvgIpc) is 2.83. The standard InChI is InChI=1S/C29H28O5/c1-5-17-22(26(31)19-12-8-7-11-18(19)25(17)30)15-16-23-24(29(3,4)34-6-2)28(33)21-14-10-9-13-20(21)27(23)32/h7-14,30-33H,5-6H2,1-4H3. The van der Waals surface area contributed by atoms with Crippen molar-refractivity contribution in [2.75, 3.05) is 6.61 Å². The Morgan fingerprint density at radius 3 is 1.62 bits per heavy atom. The van der Waals surface area contributed by atoms with Crippen molar-refractivity contribution in [3.05, 3.63) is 70.8 Å². The fourth-order valence-electron chi connectivity index (χ4n) is 4.60. The molecule has 174 valence electrons. The second-order valence-corrected chi connectivity index (χ2v) is 8.64. The van der Waals surface area contributed by atoms with Crippen LogP contribution in [0.1, 0.15) is 49.9 Å². The Hall–Kier alpha value is -3.88. The van der Waals surface area contributed by atoms with Crippen LogP contribution in [0.25, 0.3) is 21.5 Å². The van der Waals surface area contributed by atoms with Crippen molar-refractivity contribution in [2.24, 2.45) is 0 Å². The molecule has 4 aromatic rings. The lowest BCUT2D eigenvalue weighted by molar-refractivity contribution is -0.0156. The lowest BCUT2D eigenvalue weighted by Crippen LogP contribution is -2.23. The summed E-state index contributed by atoms with van der Waals surface area (Å²) in [5, 5.41) is 46.3. The van der Waals surface area contributed by atoms with Crippen LogP contribution in [0.5, 0.6) is 23.0 Å². The van der Waals surface area contributed by atoms with E-state index in [9.17, 15) is 20.4 Å². The molecule has 5 nitrogen and oxygen atoms in total. The van der Waals surface area contributed by atoms with E-state index >= 15 is 0 Å². The van der Waals surface area contributed by atoms with Crippen LogP contribution in [-0.4, -0.2) is 27.0 Å². The molecular weight excluding hydrogens is 428 g/mol. The summed E-state index contributed by atoms with van der Waals surface area (Å²) >= 11 is 0. The summed E-state index contributed by atoms with van der Waals surface area (Å²) in [5.41, 5.74) is 0.417. The maximum Gasteiger partial charge on any atom is 0.139 e. The second kappa shape index (κ2) is 8.81. The second-order valence-electron chi connectivity index (χ2n) is 8.64. The van der Waals surface area contributed by atoms with Gasteiger partial charge >= 0.3 is 0 Å². The first-order valence-corrected chi connectivity index (χ1v) is 11.3. The molecule has 0 saturated carbocycles. The van der Waals surface area contributed by atoms with E-state index in [4.69, 9.17) is 4.74 Å². The number of phenols is 4. The Bertz CT molecular complexity index is 1470. The predicted molar refractivity (Wildman–Crippen MR) is 135 cm³/mol. The molecule has 0 radical (unpaired) electrons. The highest BCUT2D eigenvalue weighted by Gasteiger charge is 2.31. The van der Waals surface area contributed by atoms with Crippen molar-refractivity contribution in [1.82, 2.24) is 0 Å². The Labute approximate surface area is 198 Å². The van der Waals surface area contributed by atoms with Gasteiger partial charge in [0.1, 0.15) is 23.0 Å². The summed E-state index contributed by atoms with van der Waals surface area (Å²) in [4.78, 5) is 0. The van der Waals surface area contributed by atoms with Crippen molar-refractivity contribution in [3.8, 4) is 34.8 Å². The average molecular weight is 457 g/mol. The fourth-order valence-corrected chi connectivity index (χ4v) is 4.60. The Morgan fingerprint density at radius 1 is 0.676 bits per heavy atom. The number of hydrogen-bond acceptors (Lipinski definition) is 5. The van der Waals surface area contributed by atoms with Gasteiger partial charge in [0.05, 0.1) is 16.7 Å². The van der Waals surface area contributed by atoms with Gasteiger partial charge in [0.2, 0.25) is 0 Å². The molecule has 34 heavy (non-hydrogen) atoms. The lowest BCUT2D eigenvalue weighted by atomic mass is 9.87. The van der Waals surface area contributed by atoms with E-state index in [1.165, 1.54) is 0 Å². The molecule has 5 heteroatoms. The monoisotopic (exact) mass is 456 g/mol. The van der Waals surface area contributed by atoms with E-state index in [0.717, 1.165) is 0 Å². The quantitative estimate of drug-likeness (QED) is 0.222. The zero-order chi connectivity index (χ0) is 24.6. The van der Waals surface area contributed by atoms with Gasteiger partial charge < -0.3 is 25.2 Å². The highest BCUT2D eigenvalue weighted by atomic mass is 16.5. The van der Waals surface area contributed by atoms with Crippen LogP contribution in [-0.2, 0) is 16.8 Å². The van der Waals surface area contributed by atoms with E-state index in [1.54, 1.807) is 48.5 Å². The van der Waals surface area contributed by atoms with Crippen LogP contribution in [0.15, 0.2) is 48.5 Å². The first-order valence-electron chi connectivity index (χ1n) is 11.3. The minimum atomic E-state index is -0.953. The zero-order valence-electron chi connectivity index (χ0n) is 19.7. The zero-order valence-corrected chi connectivity index (χ0v) is 19.7. The molecule has 0 unspecified atom stereocenters. The van der Waals surface area contributed by atoms with Crippen LogP contribution < -0.4 is 0 Å². The first kappa shape index (κ1) is 23.3. The fraction of sp³-hybridized carbons (Fsp3) is 0.241. The van der Waals surface area contributed by atoms with Gasteiger partial charge in [-0.1, -0.05) is 67.3 Å². The highest BCUT2D eigenvalue weighted by Crippen LogP contribution is 2.45. The van der Waals surface area contributed by atoms with Crippen LogP contribution >= 0.6 is 0 Å². The molecule has 0 saturated heterocycles. The predicted octanol–water partition coefficient (Wildman–Crippen LogP) is 6.05. The number of fused-ring (bicyclic) bond motifs is 2. The molecule has 0 aromatic heterocycles. The van der Waals surface area contributed by atoms with E-state index < -0.39 is 5.60 Å². The summed E-state index contributed by atoms with van der Waals surface area (Å²) in [6.45, 7) is 7.74. The molecule has 4 rings (SSSR count). The number of hydrogen-bond donors (Lipinski definition) is 4. The highest BCUT2D eigenvalue weighted by molar-refractivity contribution is 5.98. The van der Waals surface area contributed by atoms with Gasteiger partial charge in [-0.15, -0.1) is 0 Å². The largest absolute Gasteiger partial charge is 0.507 e. The molecule has 0 heterocycles. The Balaban J connectivity index is 2.07. The van der Waals surface area contributed by atoms with Gasteiger partial charge in [-0.2, -0.15) is 0 Å². The minimum Gasteiger partial charge on any atom is -0.507 e. The smallest absolute Gasteiger partial charge is 0.139 e. The summed E-state index contributed by atoms with van der Waals surface area (Å²) in [6, 6.07) is 14.0. The van der Waals surface area contributed by atoms with E-state index in [-0.39, 0.29) is 34.1 Å². The molecule has 0 bridgehead atoms. The van der Waals surface area contributed by atoms with Crippen molar-refractivity contribution >= 4 is 21.5 Å². The molecule has 0 fully saturated rings. The maximum atomic E-state index is 11.2. The van der Waals surface area contributed by atoms with Crippen LogP contribution in [0.4, 0.5) is 0 Å². The Morgan fingerprint density at radius 2 is 1.12 bits per heavy atom. The topological polar surface area (TPSA) is 90.2 Å². The summed E-state index contributed by atoms with van der Waals surface area (Å²) in [5.74, 6) is 5.92. The van der Waals surface area contributed by atoms with Crippen LogP contribution in [0.2, 0.25) is 0 Å². The van der Waals surface area contributed by atoms with E-state index in [1.807, 2.05) is 27.7 Å². The van der Waals surface area contributed by atoms with Crippen molar-refractivity contribution < 1.29 is 25.2 Å². The van der Waals surface area contributed by atoms with Gasteiger partial charge in [-0.05, 0) is 27.2 Å². The van der Waals surface area contributed by atoms with Gasteiger partial charge in [-0.3, -0.25) is 0 Å². The number of ether oxygens (including phenoxy) is 1. The maximum absolute atomic E-state index is 11.2. The summed E-state index contributed by atoms with van der Waals surface area (Å²) in [6.07, 6.45) is 0.445. The van der Waals surface area contributed by atoms with Crippen molar-refractivity contribution in [2.45, 2.75) is 39.7 Å². The number of aromatic hydroxyl groups is 4. The van der Waals surface area contributed by atoms with Crippen LogP contribution in [0, 0.1) is 11.8 Å². The van der Waals surface area contributed by atoms with Gasteiger partial charge in [-0.25, -0.2) is 0 Å². The molecule has 0 aliphatic carbocycles. The minimum absolute atomic E-state index is 0.0163. The molecule has 4 aromatic carbocycles. The van der Waals surface area contributed by atoms with Crippen LogP contribution in [0.3, 0.4) is 0 Å². The molecular formula is C29H28O5. The third-order valence-corrected chi connectivity index (χ3v) is 6.20. The molecule has 4 N–H and O–H groups in total. The molecule has 0 aliphatic rings. The summed E-state index contributed by atoms with van der Waals surface area (Å²) in [7, 11) is 0. The Kier molecular flexibility index (Phi) is 6.03. The van der Waals surface area contributed by atoms with Crippen molar-refractivity contribution in [1.29, 1.82) is 0 Å². The molecule has 0 atom stereocenters. The van der Waals surface area contributed by atoms with Gasteiger partial charge in [0.25, 0.3) is 0 Å². The van der Waals surface area contributed by atoms with Gasteiger partial charge in [0, 0.05) is 39.3 Å². The number of benzene rings is 4. The summed E-state index contributed by atoms with van der Waals surface area (Å²) < 4.78 is 5.91. The van der Waals surface area contributed by atoms with E-state index in [0.29, 0.717) is 45.7 Å². The third-order valence-electron chi connectivity index (χ3n) is 6.20. The van der Waals surface area contributed by atoms with Crippen molar-refractivity contribution in [3.63, 3.8) is 0 Å². The number of rotatable bonds is 4. The lowest BCUT2D eigenvalue weighted by Gasteiger charge is -2.28. The normalized spacial score (nSPS) is 11.5.